The minimum absolute atomic E-state index is 0.438. The second kappa shape index (κ2) is 6.74. The maximum atomic E-state index is 11.8. The van der Waals surface area contributed by atoms with Crippen LogP contribution in [0.5, 0.6) is 0 Å². The molecule has 4 heteroatoms. The summed E-state index contributed by atoms with van der Waals surface area (Å²) >= 11 is 0. The van der Waals surface area contributed by atoms with E-state index in [2.05, 4.69) is 23.7 Å². The summed E-state index contributed by atoms with van der Waals surface area (Å²) in [6.07, 6.45) is 8.88. The molecule has 0 N–H and O–H groups in total. The normalized spacial score (nSPS) is 25.6. The van der Waals surface area contributed by atoms with Crippen LogP contribution in [-0.4, -0.2) is 17.9 Å². The average molecular weight is 296 g/mol. The Bertz CT molecular complexity index is 697. The van der Waals surface area contributed by atoms with Gasteiger partial charge in [0.15, 0.2) is 0 Å². The Labute approximate surface area is 130 Å². The Hall–Kier alpha value is -2.85. The van der Waals surface area contributed by atoms with Crippen molar-refractivity contribution in [3.63, 3.8) is 0 Å². The van der Waals surface area contributed by atoms with Crippen LogP contribution in [0.3, 0.4) is 0 Å². The molecule has 2 aliphatic rings. The molecule has 2 unspecified atom stereocenters. The van der Waals surface area contributed by atoms with Crippen LogP contribution in [0.1, 0.15) is 20.8 Å². The van der Waals surface area contributed by atoms with Crippen molar-refractivity contribution in [3.8, 4) is 23.7 Å². The molecule has 0 aromatic rings. The SMILES string of the molecule is CC#CC#CC=C1C=CC2(OC=CC2OC(=O)C=C(C)C)O1. The van der Waals surface area contributed by atoms with E-state index in [4.69, 9.17) is 14.2 Å². The number of ether oxygens (including phenoxy) is 3. The number of esters is 1. The third-order valence-electron chi connectivity index (χ3n) is 2.78. The van der Waals surface area contributed by atoms with Gasteiger partial charge in [0.2, 0.25) is 6.10 Å². The number of hydrogen-bond donors (Lipinski definition) is 0. The first kappa shape index (κ1) is 15.5. The smallest absolute Gasteiger partial charge is 0.331 e. The summed E-state index contributed by atoms with van der Waals surface area (Å²) in [5.41, 5.74) is 0.859. The van der Waals surface area contributed by atoms with Crippen molar-refractivity contribution in [2.45, 2.75) is 32.7 Å². The first-order chi connectivity index (χ1) is 10.6. The van der Waals surface area contributed by atoms with Gasteiger partial charge in [-0.2, -0.15) is 0 Å². The lowest BCUT2D eigenvalue weighted by molar-refractivity contribution is -0.187. The summed E-state index contributed by atoms with van der Waals surface area (Å²) < 4.78 is 16.6. The monoisotopic (exact) mass is 296 g/mol. The van der Waals surface area contributed by atoms with E-state index < -0.39 is 17.9 Å². The molecule has 2 rings (SSSR count). The van der Waals surface area contributed by atoms with Gasteiger partial charge in [-0.05, 0) is 44.8 Å². The lowest BCUT2D eigenvalue weighted by Crippen LogP contribution is -2.40. The Morgan fingerprint density at radius 3 is 2.95 bits per heavy atom. The van der Waals surface area contributed by atoms with Crippen molar-refractivity contribution in [1.82, 2.24) is 0 Å². The van der Waals surface area contributed by atoms with Crippen molar-refractivity contribution in [3.05, 3.63) is 48.0 Å². The molecule has 22 heavy (non-hydrogen) atoms. The largest absolute Gasteiger partial charge is 0.453 e. The van der Waals surface area contributed by atoms with Crippen molar-refractivity contribution in [1.29, 1.82) is 0 Å². The Morgan fingerprint density at radius 1 is 1.41 bits per heavy atom. The lowest BCUT2D eigenvalue weighted by Gasteiger charge is -2.27. The lowest BCUT2D eigenvalue weighted by atomic mass is 10.1. The van der Waals surface area contributed by atoms with Crippen molar-refractivity contribution in [2.24, 2.45) is 0 Å². The fraction of sp³-hybridized carbons (Fsp3) is 0.278. The molecule has 4 nitrogen and oxygen atoms in total. The van der Waals surface area contributed by atoms with Gasteiger partial charge in [-0.25, -0.2) is 4.79 Å². The molecule has 0 radical (unpaired) electrons. The molecular formula is C18H16O4. The van der Waals surface area contributed by atoms with Gasteiger partial charge in [0, 0.05) is 18.2 Å². The predicted octanol–water partition coefficient (Wildman–Crippen LogP) is 2.60. The summed E-state index contributed by atoms with van der Waals surface area (Å²) in [6, 6.07) is 0. The highest BCUT2D eigenvalue weighted by molar-refractivity contribution is 5.83. The summed E-state index contributed by atoms with van der Waals surface area (Å²) in [5, 5.41) is 0. The fourth-order valence-corrected chi connectivity index (χ4v) is 1.88. The highest BCUT2D eigenvalue weighted by Crippen LogP contribution is 2.36. The van der Waals surface area contributed by atoms with E-state index in [0.29, 0.717) is 5.76 Å². The molecule has 1 spiro atoms. The van der Waals surface area contributed by atoms with Crippen LogP contribution in [0.4, 0.5) is 0 Å². The number of carbonyl (C=O) groups excluding carboxylic acids is 1. The summed E-state index contributed by atoms with van der Waals surface area (Å²) in [7, 11) is 0. The van der Waals surface area contributed by atoms with Crippen molar-refractivity contribution in [2.75, 3.05) is 0 Å². The zero-order valence-electron chi connectivity index (χ0n) is 12.7. The van der Waals surface area contributed by atoms with E-state index in [0.717, 1.165) is 5.57 Å². The van der Waals surface area contributed by atoms with Crippen LogP contribution in [0.2, 0.25) is 0 Å². The molecule has 0 bridgehead atoms. The second-order valence-corrected chi connectivity index (χ2v) is 4.87. The number of hydrogen-bond acceptors (Lipinski definition) is 4. The highest BCUT2D eigenvalue weighted by Gasteiger charge is 2.48. The zero-order valence-corrected chi connectivity index (χ0v) is 12.7. The van der Waals surface area contributed by atoms with Gasteiger partial charge in [-0.1, -0.05) is 17.4 Å². The van der Waals surface area contributed by atoms with Gasteiger partial charge < -0.3 is 14.2 Å². The van der Waals surface area contributed by atoms with Gasteiger partial charge >= 0.3 is 11.8 Å². The number of carbonyl (C=O) groups is 1. The van der Waals surface area contributed by atoms with E-state index in [9.17, 15) is 4.79 Å². The highest BCUT2D eigenvalue weighted by atomic mass is 16.7. The van der Waals surface area contributed by atoms with E-state index >= 15 is 0 Å². The van der Waals surface area contributed by atoms with Crippen LogP contribution >= 0.6 is 0 Å². The molecule has 112 valence electrons. The molecular weight excluding hydrogens is 280 g/mol. The predicted molar refractivity (Wildman–Crippen MR) is 81.8 cm³/mol. The molecule has 0 saturated carbocycles. The minimum Gasteiger partial charge on any atom is -0.453 e. The van der Waals surface area contributed by atoms with E-state index in [1.165, 1.54) is 12.3 Å². The van der Waals surface area contributed by atoms with Crippen molar-refractivity contribution >= 4 is 5.97 Å². The molecule has 2 atom stereocenters. The molecule has 0 saturated heterocycles. The fourth-order valence-electron chi connectivity index (χ4n) is 1.88. The summed E-state index contributed by atoms with van der Waals surface area (Å²) in [6.45, 7) is 5.36. The molecule has 2 heterocycles. The third kappa shape index (κ3) is 3.62. The van der Waals surface area contributed by atoms with Gasteiger partial charge in [-0.3, -0.25) is 0 Å². The van der Waals surface area contributed by atoms with Crippen LogP contribution in [0.25, 0.3) is 0 Å². The van der Waals surface area contributed by atoms with Crippen LogP contribution in [-0.2, 0) is 19.0 Å². The molecule has 0 aromatic heterocycles. The topological polar surface area (TPSA) is 44.8 Å². The minimum atomic E-state index is -1.14. The van der Waals surface area contributed by atoms with E-state index in [1.807, 2.05) is 13.8 Å². The molecule has 0 fully saturated rings. The number of rotatable bonds is 2. The average Bonchev–Trinajstić information content (AvgIpc) is 3.03. The van der Waals surface area contributed by atoms with Crippen molar-refractivity contribution < 1.29 is 19.0 Å². The quantitative estimate of drug-likeness (QED) is 0.446. The van der Waals surface area contributed by atoms with Crippen LogP contribution in [0.15, 0.2) is 48.0 Å². The van der Waals surface area contributed by atoms with Gasteiger partial charge in [0.1, 0.15) is 5.76 Å². The molecule has 0 aliphatic carbocycles. The third-order valence-corrected chi connectivity index (χ3v) is 2.78. The molecule has 2 aliphatic heterocycles. The second-order valence-electron chi connectivity index (χ2n) is 4.87. The maximum Gasteiger partial charge on any atom is 0.331 e. The van der Waals surface area contributed by atoms with Gasteiger partial charge in [0.25, 0.3) is 0 Å². The van der Waals surface area contributed by atoms with E-state index in [1.54, 1.807) is 31.2 Å². The van der Waals surface area contributed by atoms with Gasteiger partial charge in [-0.15, -0.1) is 0 Å². The number of allylic oxidation sites excluding steroid dienone is 3. The Morgan fingerprint density at radius 2 is 2.23 bits per heavy atom. The standard InChI is InChI=1S/C18H16O4/c1-4-5-6-7-8-15-9-11-18(22-15)16(10-12-20-18)21-17(19)13-14(2)3/h8-13,16H,1-3H3. The summed E-state index contributed by atoms with van der Waals surface area (Å²) in [4.78, 5) is 11.8. The molecule has 0 amide bonds. The zero-order chi connectivity index (χ0) is 16.0. The maximum absolute atomic E-state index is 11.8. The summed E-state index contributed by atoms with van der Waals surface area (Å²) in [5.74, 6) is 9.67. The van der Waals surface area contributed by atoms with E-state index in [-0.39, 0.29) is 0 Å². The van der Waals surface area contributed by atoms with Gasteiger partial charge in [0.05, 0.1) is 6.26 Å². The Kier molecular flexibility index (Phi) is 4.76. The van der Waals surface area contributed by atoms with Crippen LogP contribution < -0.4 is 0 Å². The molecule has 0 aromatic carbocycles. The first-order valence-electron chi connectivity index (χ1n) is 6.76. The Balaban J connectivity index is 2.07. The van der Waals surface area contributed by atoms with Crippen LogP contribution in [0, 0.1) is 23.7 Å². The first-order valence-corrected chi connectivity index (χ1v) is 6.76.